The predicted octanol–water partition coefficient (Wildman–Crippen LogP) is 3.60. The maximum Gasteiger partial charge on any atom is 0.490 e. The van der Waals surface area contributed by atoms with E-state index in [9.17, 15) is 18.0 Å². The van der Waals surface area contributed by atoms with Crippen molar-refractivity contribution in [2.45, 2.75) is 51.5 Å². The number of fused-ring (bicyclic) bond motifs is 1. The summed E-state index contributed by atoms with van der Waals surface area (Å²) in [5.41, 5.74) is 2.72. The molecule has 4 rings (SSSR count). The van der Waals surface area contributed by atoms with Crippen molar-refractivity contribution < 1.29 is 27.9 Å². The molecule has 0 radical (unpaired) electrons. The van der Waals surface area contributed by atoms with E-state index in [1.54, 1.807) is 12.1 Å². The molecule has 1 N–H and O–H groups in total. The molecule has 1 aromatic heterocycles. The van der Waals surface area contributed by atoms with Gasteiger partial charge in [-0.3, -0.25) is 9.69 Å². The van der Waals surface area contributed by atoms with Gasteiger partial charge in [0.05, 0.1) is 12.2 Å². The Bertz CT molecular complexity index is 976. The van der Waals surface area contributed by atoms with Crippen LogP contribution < -0.4 is 0 Å². The lowest BCUT2D eigenvalue weighted by atomic mass is 10.1. The van der Waals surface area contributed by atoms with E-state index < -0.39 is 12.1 Å². The van der Waals surface area contributed by atoms with Gasteiger partial charge < -0.3 is 10.0 Å². The fraction of sp³-hybridized carbons (Fsp3) is 0.524. The van der Waals surface area contributed by atoms with E-state index in [4.69, 9.17) is 21.5 Å². The van der Waals surface area contributed by atoms with Gasteiger partial charge >= 0.3 is 12.1 Å². The Morgan fingerprint density at radius 2 is 1.76 bits per heavy atom. The number of halogens is 4. The first-order valence-electron chi connectivity index (χ1n) is 10.6. The molecule has 2 aromatic rings. The van der Waals surface area contributed by atoms with E-state index in [2.05, 4.69) is 15.2 Å². The molecule has 0 saturated carbocycles. The van der Waals surface area contributed by atoms with E-state index in [-0.39, 0.29) is 5.91 Å². The first kappa shape index (κ1) is 25.0. The fourth-order valence-electron chi connectivity index (χ4n) is 3.82. The molecule has 0 bridgehead atoms. The summed E-state index contributed by atoms with van der Waals surface area (Å²) in [7, 11) is 0. The molecule has 2 aliphatic rings. The Morgan fingerprint density at radius 1 is 1.06 bits per heavy atom. The highest BCUT2D eigenvalue weighted by Crippen LogP contribution is 2.21. The lowest BCUT2D eigenvalue weighted by Gasteiger charge is -2.26. The third kappa shape index (κ3) is 6.91. The minimum absolute atomic E-state index is 0.0195. The first-order chi connectivity index (χ1) is 15.6. The monoisotopic (exact) mass is 487 g/mol. The van der Waals surface area contributed by atoms with Gasteiger partial charge in [0.15, 0.2) is 0 Å². The number of hydrogen-bond acceptors (Lipinski definition) is 5. The van der Waals surface area contributed by atoms with Crippen molar-refractivity contribution in [3.05, 3.63) is 46.2 Å². The zero-order valence-electron chi connectivity index (χ0n) is 17.9. The van der Waals surface area contributed by atoms with Crippen LogP contribution in [0.25, 0.3) is 0 Å². The van der Waals surface area contributed by atoms with Gasteiger partial charge in [0.2, 0.25) is 0 Å². The summed E-state index contributed by atoms with van der Waals surface area (Å²) in [6.45, 7) is 5.16. The summed E-state index contributed by atoms with van der Waals surface area (Å²) in [5, 5.41) is 16.5. The standard InChI is InChI=1S/C19H24ClN5O.C2HF3O2/c20-16-7-4-6-15(12-16)19(26)24-10-5-11-25-18(14-24)17(21-22-25)13-23-8-2-1-3-9-23;3-2(4,5)1(6)7/h4,6-7,12H,1-3,5,8-11,13-14H2;(H,6,7). The summed E-state index contributed by atoms with van der Waals surface area (Å²) in [6, 6.07) is 7.17. The number of hydrogen-bond donors (Lipinski definition) is 1. The molecule has 12 heteroatoms. The number of carboxylic acids is 1. The SMILES string of the molecule is O=C(O)C(F)(F)F.O=C(c1cccc(Cl)c1)N1CCCn2nnc(CN3CCCCC3)c2C1. The Labute approximate surface area is 193 Å². The number of aromatic nitrogens is 3. The van der Waals surface area contributed by atoms with Crippen LogP contribution in [0.15, 0.2) is 24.3 Å². The number of aryl methyl sites for hydroxylation is 1. The van der Waals surface area contributed by atoms with Crippen molar-refractivity contribution in [2.75, 3.05) is 19.6 Å². The van der Waals surface area contributed by atoms with Crippen LogP contribution in [-0.2, 0) is 24.4 Å². The normalized spacial score (nSPS) is 16.9. The molecule has 8 nitrogen and oxygen atoms in total. The van der Waals surface area contributed by atoms with Gasteiger partial charge in [-0.15, -0.1) is 5.10 Å². The summed E-state index contributed by atoms with van der Waals surface area (Å²) in [6.07, 6.45) is -0.379. The number of carbonyl (C=O) groups excluding carboxylic acids is 1. The van der Waals surface area contributed by atoms with Gasteiger partial charge in [-0.05, 0) is 50.6 Å². The number of carbonyl (C=O) groups is 2. The van der Waals surface area contributed by atoms with Crippen LogP contribution in [0.4, 0.5) is 13.2 Å². The van der Waals surface area contributed by atoms with Crippen molar-refractivity contribution in [3.63, 3.8) is 0 Å². The Balaban J connectivity index is 0.000000383. The highest BCUT2D eigenvalue weighted by molar-refractivity contribution is 6.30. The van der Waals surface area contributed by atoms with Crippen LogP contribution in [-0.4, -0.2) is 67.6 Å². The van der Waals surface area contributed by atoms with E-state index in [1.165, 1.54) is 19.3 Å². The Hall–Kier alpha value is -2.66. The number of carboxylic acid groups (broad SMARTS) is 1. The second kappa shape index (κ2) is 11.0. The molecular weight excluding hydrogens is 463 g/mol. The van der Waals surface area contributed by atoms with E-state index in [1.807, 2.05) is 21.7 Å². The molecule has 3 heterocycles. The zero-order valence-corrected chi connectivity index (χ0v) is 18.6. The summed E-state index contributed by atoms with van der Waals surface area (Å²) in [4.78, 5) is 26.2. The number of aliphatic carboxylic acids is 1. The lowest BCUT2D eigenvalue weighted by molar-refractivity contribution is -0.192. The van der Waals surface area contributed by atoms with E-state index in [0.717, 1.165) is 50.5 Å². The minimum Gasteiger partial charge on any atom is -0.475 e. The van der Waals surface area contributed by atoms with Gasteiger partial charge in [-0.1, -0.05) is 29.3 Å². The Kier molecular flexibility index (Phi) is 8.30. The summed E-state index contributed by atoms with van der Waals surface area (Å²) in [5.74, 6) is -2.74. The molecule has 1 saturated heterocycles. The van der Waals surface area contributed by atoms with Gasteiger partial charge in [0.1, 0.15) is 5.69 Å². The van der Waals surface area contributed by atoms with Gasteiger partial charge in [0, 0.05) is 30.2 Å². The number of amides is 1. The quantitative estimate of drug-likeness (QED) is 0.711. The topological polar surface area (TPSA) is 91.6 Å². The molecule has 1 aromatic carbocycles. The molecule has 1 fully saturated rings. The molecule has 0 aliphatic carbocycles. The molecule has 33 heavy (non-hydrogen) atoms. The van der Waals surface area contributed by atoms with Crippen LogP contribution >= 0.6 is 11.6 Å². The molecule has 1 amide bonds. The van der Waals surface area contributed by atoms with Crippen molar-refractivity contribution >= 4 is 23.5 Å². The lowest BCUT2D eigenvalue weighted by Crippen LogP contribution is -2.32. The predicted molar refractivity (Wildman–Crippen MR) is 114 cm³/mol. The highest BCUT2D eigenvalue weighted by Gasteiger charge is 2.38. The van der Waals surface area contributed by atoms with Gasteiger partial charge in [-0.2, -0.15) is 13.2 Å². The second-order valence-electron chi connectivity index (χ2n) is 7.94. The summed E-state index contributed by atoms with van der Waals surface area (Å²) >= 11 is 6.06. The fourth-order valence-corrected chi connectivity index (χ4v) is 4.01. The third-order valence-electron chi connectivity index (χ3n) is 5.48. The van der Waals surface area contributed by atoms with Crippen molar-refractivity contribution in [1.29, 1.82) is 0 Å². The van der Waals surface area contributed by atoms with Crippen molar-refractivity contribution in [1.82, 2.24) is 24.8 Å². The van der Waals surface area contributed by atoms with E-state index in [0.29, 0.717) is 17.1 Å². The number of benzene rings is 1. The molecule has 0 unspecified atom stereocenters. The first-order valence-corrected chi connectivity index (χ1v) is 11.0. The minimum atomic E-state index is -5.08. The van der Waals surface area contributed by atoms with Crippen LogP contribution in [0, 0.1) is 0 Å². The van der Waals surface area contributed by atoms with E-state index >= 15 is 0 Å². The van der Waals surface area contributed by atoms with Crippen LogP contribution in [0.3, 0.4) is 0 Å². The van der Waals surface area contributed by atoms with Crippen molar-refractivity contribution in [3.8, 4) is 0 Å². The maximum atomic E-state index is 12.9. The number of likely N-dealkylation sites (tertiary alicyclic amines) is 1. The average Bonchev–Trinajstić information content (AvgIpc) is 3.01. The summed E-state index contributed by atoms with van der Waals surface area (Å²) < 4.78 is 33.7. The number of piperidine rings is 1. The largest absolute Gasteiger partial charge is 0.490 e. The third-order valence-corrected chi connectivity index (χ3v) is 5.72. The number of rotatable bonds is 3. The van der Waals surface area contributed by atoms with Crippen molar-refractivity contribution in [2.24, 2.45) is 0 Å². The molecular formula is C21H25ClF3N5O3. The smallest absolute Gasteiger partial charge is 0.475 e. The second-order valence-corrected chi connectivity index (χ2v) is 8.37. The highest BCUT2D eigenvalue weighted by atomic mass is 35.5. The molecule has 0 atom stereocenters. The van der Waals surface area contributed by atoms with Gasteiger partial charge in [0.25, 0.3) is 5.91 Å². The average molecular weight is 488 g/mol. The van der Waals surface area contributed by atoms with Crippen LogP contribution in [0.5, 0.6) is 0 Å². The van der Waals surface area contributed by atoms with Crippen LogP contribution in [0.2, 0.25) is 5.02 Å². The molecule has 2 aliphatic heterocycles. The number of alkyl halides is 3. The Morgan fingerprint density at radius 3 is 2.39 bits per heavy atom. The molecule has 180 valence electrons. The van der Waals surface area contributed by atoms with Crippen LogP contribution in [0.1, 0.15) is 47.4 Å². The maximum absolute atomic E-state index is 12.9. The van der Waals surface area contributed by atoms with Gasteiger partial charge in [-0.25, -0.2) is 9.48 Å². The number of nitrogens with zero attached hydrogens (tertiary/aromatic N) is 5. The molecule has 0 spiro atoms. The zero-order chi connectivity index (χ0) is 24.0.